The summed E-state index contributed by atoms with van der Waals surface area (Å²) in [5.41, 5.74) is 1.96. The first-order valence-electron chi connectivity index (χ1n) is 4.87. The van der Waals surface area contributed by atoms with Crippen LogP contribution in [0.4, 0.5) is 0 Å². The van der Waals surface area contributed by atoms with Gasteiger partial charge in [-0.05, 0) is 52.2 Å². The maximum absolute atomic E-state index is 9.39. The first-order valence-corrected chi connectivity index (χ1v) is 5.81. The van der Waals surface area contributed by atoms with E-state index in [4.69, 9.17) is 5.26 Å². The van der Waals surface area contributed by atoms with Crippen molar-refractivity contribution in [2.24, 2.45) is 0 Å². The van der Waals surface area contributed by atoms with Crippen LogP contribution in [-0.4, -0.2) is 10.2 Å². The highest BCUT2D eigenvalue weighted by Gasteiger charge is 2.05. The predicted octanol–water partition coefficient (Wildman–Crippen LogP) is 3.22. The van der Waals surface area contributed by atoms with Gasteiger partial charge in [-0.15, -0.1) is 0 Å². The second-order valence-corrected chi connectivity index (χ2v) is 4.21. The van der Waals surface area contributed by atoms with Crippen molar-refractivity contribution in [1.29, 1.82) is 5.26 Å². The quantitative estimate of drug-likeness (QED) is 0.628. The topological polar surface area (TPSA) is 64.2 Å². The summed E-state index contributed by atoms with van der Waals surface area (Å²) in [7, 11) is 0. The molecular formula is C13H9NO2S. The summed E-state index contributed by atoms with van der Waals surface area (Å²) in [4.78, 5) is 0. The minimum Gasteiger partial charge on any atom is -0.504 e. The summed E-state index contributed by atoms with van der Waals surface area (Å²) < 4.78 is 0. The maximum atomic E-state index is 9.39. The van der Waals surface area contributed by atoms with Crippen LogP contribution in [0.2, 0.25) is 0 Å². The van der Waals surface area contributed by atoms with Crippen LogP contribution in [0.15, 0.2) is 35.0 Å². The largest absolute Gasteiger partial charge is 0.504 e. The lowest BCUT2D eigenvalue weighted by molar-refractivity contribution is 0.403. The number of phenols is 2. The van der Waals surface area contributed by atoms with E-state index >= 15 is 0 Å². The number of hydrogen-bond acceptors (Lipinski definition) is 4. The molecule has 2 rings (SSSR count). The van der Waals surface area contributed by atoms with Crippen molar-refractivity contribution in [2.45, 2.75) is 0 Å². The number of nitrogens with zero attached hydrogens (tertiary/aromatic N) is 1. The van der Waals surface area contributed by atoms with Gasteiger partial charge in [-0.25, -0.2) is 0 Å². The number of thiophene rings is 1. The number of allylic oxidation sites excluding steroid dienone is 1. The minimum atomic E-state index is -0.228. The summed E-state index contributed by atoms with van der Waals surface area (Å²) in [6.07, 6.45) is 1.74. The molecule has 0 fully saturated rings. The molecule has 1 heterocycles. The van der Waals surface area contributed by atoms with Gasteiger partial charge in [0.05, 0.1) is 11.6 Å². The van der Waals surface area contributed by atoms with Crippen molar-refractivity contribution in [3.8, 4) is 17.6 Å². The number of aromatic hydroxyl groups is 2. The third kappa shape index (κ3) is 2.47. The highest BCUT2D eigenvalue weighted by molar-refractivity contribution is 7.08. The van der Waals surface area contributed by atoms with Gasteiger partial charge in [0.25, 0.3) is 0 Å². The van der Waals surface area contributed by atoms with Gasteiger partial charge in [0.2, 0.25) is 0 Å². The Morgan fingerprint density at radius 2 is 2.06 bits per heavy atom. The molecule has 0 saturated heterocycles. The summed E-state index contributed by atoms with van der Waals surface area (Å²) in [6.45, 7) is 0. The highest BCUT2D eigenvalue weighted by Crippen LogP contribution is 2.29. The number of rotatable bonds is 2. The Morgan fingerprint density at radius 3 is 2.65 bits per heavy atom. The Kier molecular flexibility index (Phi) is 3.12. The third-order valence-corrected chi connectivity index (χ3v) is 2.96. The molecule has 0 aliphatic heterocycles. The van der Waals surface area contributed by atoms with E-state index < -0.39 is 0 Å². The average Bonchev–Trinajstić information content (AvgIpc) is 2.82. The Labute approximate surface area is 103 Å². The van der Waals surface area contributed by atoms with Crippen LogP contribution in [0.1, 0.15) is 11.1 Å². The average molecular weight is 243 g/mol. The van der Waals surface area contributed by atoms with Crippen molar-refractivity contribution < 1.29 is 10.2 Å². The molecule has 0 amide bonds. The molecule has 2 N–H and O–H groups in total. The fraction of sp³-hybridized carbons (Fsp3) is 0. The van der Waals surface area contributed by atoms with E-state index in [0.717, 1.165) is 5.56 Å². The Bertz CT molecular complexity index is 594. The molecule has 4 heteroatoms. The zero-order chi connectivity index (χ0) is 12.3. The highest BCUT2D eigenvalue weighted by atomic mass is 32.1. The molecule has 0 saturated carbocycles. The van der Waals surface area contributed by atoms with Crippen molar-refractivity contribution >= 4 is 23.0 Å². The predicted molar refractivity (Wildman–Crippen MR) is 67.6 cm³/mol. The molecular weight excluding hydrogens is 234 g/mol. The summed E-state index contributed by atoms with van der Waals surface area (Å²) >= 11 is 1.55. The molecule has 0 aliphatic carbocycles. The minimum absolute atomic E-state index is 0.193. The van der Waals surface area contributed by atoms with Gasteiger partial charge in [-0.2, -0.15) is 16.6 Å². The second kappa shape index (κ2) is 4.73. The third-order valence-electron chi connectivity index (χ3n) is 2.26. The van der Waals surface area contributed by atoms with Gasteiger partial charge in [0, 0.05) is 0 Å². The first kappa shape index (κ1) is 11.2. The SMILES string of the molecule is N#CC(=Cc1ccsc1)c1ccc(O)c(O)c1. The lowest BCUT2D eigenvalue weighted by Crippen LogP contribution is -1.81. The molecule has 0 radical (unpaired) electrons. The Morgan fingerprint density at radius 1 is 1.24 bits per heavy atom. The van der Waals surface area contributed by atoms with Gasteiger partial charge >= 0.3 is 0 Å². The molecule has 1 aromatic carbocycles. The van der Waals surface area contributed by atoms with Gasteiger partial charge in [0.15, 0.2) is 11.5 Å². The zero-order valence-corrected chi connectivity index (χ0v) is 9.61. The van der Waals surface area contributed by atoms with Crippen LogP contribution >= 0.6 is 11.3 Å². The second-order valence-electron chi connectivity index (χ2n) is 3.43. The fourth-order valence-electron chi connectivity index (χ4n) is 1.39. The first-order chi connectivity index (χ1) is 8.20. The summed E-state index contributed by atoms with van der Waals surface area (Å²) in [5.74, 6) is -0.421. The molecule has 3 nitrogen and oxygen atoms in total. The Balaban J connectivity index is 2.43. The molecule has 1 aromatic heterocycles. The van der Waals surface area contributed by atoms with Crippen LogP contribution in [0.5, 0.6) is 11.5 Å². The van der Waals surface area contributed by atoms with Gasteiger partial charge in [-0.1, -0.05) is 0 Å². The van der Waals surface area contributed by atoms with E-state index in [1.54, 1.807) is 23.5 Å². The van der Waals surface area contributed by atoms with Crippen molar-refractivity contribution in [2.75, 3.05) is 0 Å². The monoisotopic (exact) mass is 243 g/mol. The Hall–Kier alpha value is -2.25. The van der Waals surface area contributed by atoms with Crippen molar-refractivity contribution in [3.05, 3.63) is 46.2 Å². The standard InChI is InChI=1S/C13H9NO2S/c14-7-11(5-9-3-4-17-8-9)10-1-2-12(15)13(16)6-10/h1-6,8,15-16H. The number of benzene rings is 1. The van der Waals surface area contributed by atoms with E-state index in [2.05, 4.69) is 6.07 Å². The number of nitriles is 1. The normalized spacial score (nSPS) is 11.1. The molecule has 84 valence electrons. The van der Waals surface area contributed by atoms with Crippen molar-refractivity contribution in [1.82, 2.24) is 0 Å². The van der Waals surface area contributed by atoms with Crippen LogP contribution in [0.3, 0.4) is 0 Å². The lowest BCUT2D eigenvalue weighted by atomic mass is 10.0. The lowest BCUT2D eigenvalue weighted by Gasteiger charge is -2.01. The van der Waals surface area contributed by atoms with Crippen LogP contribution in [0.25, 0.3) is 11.6 Å². The van der Waals surface area contributed by atoms with Gasteiger partial charge in [0.1, 0.15) is 0 Å². The molecule has 17 heavy (non-hydrogen) atoms. The van der Waals surface area contributed by atoms with Crippen LogP contribution in [-0.2, 0) is 0 Å². The fourth-order valence-corrected chi connectivity index (χ4v) is 2.01. The van der Waals surface area contributed by atoms with E-state index in [0.29, 0.717) is 11.1 Å². The maximum Gasteiger partial charge on any atom is 0.158 e. The zero-order valence-electron chi connectivity index (χ0n) is 8.79. The van der Waals surface area contributed by atoms with E-state index in [1.165, 1.54) is 12.1 Å². The van der Waals surface area contributed by atoms with Crippen LogP contribution in [0, 0.1) is 11.3 Å². The van der Waals surface area contributed by atoms with E-state index in [1.807, 2.05) is 16.8 Å². The van der Waals surface area contributed by atoms with E-state index in [9.17, 15) is 10.2 Å². The molecule has 2 aromatic rings. The molecule has 0 atom stereocenters. The van der Waals surface area contributed by atoms with Gasteiger partial charge < -0.3 is 10.2 Å². The van der Waals surface area contributed by atoms with Crippen molar-refractivity contribution in [3.63, 3.8) is 0 Å². The molecule has 0 unspecified atom stereocenters. The molecule has 0 spiro atoms. The molecule has 0 bridgehead atoms. The number of hydrogen-bond donors (Lipinski definition) is 2. The van der Waals surface area contributed by atoms with E-state index in [-0.39, 0.29) is 11.5 Å². The smallest absolute Gasteiger partial charge is 0.158 e. The summed E-state index contributed by atoms with van der Waals surface area (Å²) in [5, 5.41) is 31.5. The number of phenolic OH excluding ortho intramolecular Hbond substituents is 2. The van der Waals surface area contributed by atoms with Gasteiger partial charge in [-0.3, -0.25) is 0 Å². The van der Waals surface area contributed by atoms with Crippen LogP contribution < -0.4 is 0 Å². The molecule has 0 aliphatic rings. The summed E-state index contributed by atoms with van der Waals surface area (Å²) in [6, 6.07) is 8.31.